The highest BCUT2D eigenvalue weighted by Crippen LogP contribution is 2.44. The van der Waals surface area contributed by atoms with Crippen LogP contribution in [0.4, 0.5) is 5.69 Å². The van der Waals surface area contributed by atoms with Crippen LogP contribution >= 0.6 is 12.2 Å². The summed E-state index contributed by atoms with van der Waals surface area (Å²) in [5.74, 6) is 0.717. The summed E-state index contributed by atoms with van der Waals surface area (Å²) in [7, 11) is 0. The Morgan fingerprint density at radius 3 is 2.65 bits per heavy atom. The minimum absolute atomic E-state index is 0.226. The van der Waals surface area contributed by atoms with Crippen LogP contribution in [-0.4, -0.2) is 17.9 Å². The number of benzene rings is 2. The third-order valence-electron chi connectivity index (χ3n) is 3.57. The molecule has 0 aliphatic heterocycles. The Kier molecular flexibility index (Phi) is 3.65. The fraction of sp³-hybridized carbons (Fsp3) is 0.250. The quantitative estimate of drug-likeness (QED) is 0.668. The summed E-state index contributed by atoms with van der Waals surface area (Å²) < 4.78 is 0. The van der Waals surface area contributed by atoms with E-state index in [9.17, 15) is 4.79 Å². The van der Waals surface area contributed by atoms with Crippen molar-refractivity contribution in [3.63, 3.8) is 0 Å². The van der Waals surface area contributed by atoms with Crippen LogP contribution in [0.25, 0.3) is 10.8 Å². The number of nitrogens with one attached hydrogen (secondary N) is 2. The normalized spacial score (nSPS) is 14.0. The number of rotatable bonds is 4. The van der Waals surface area contributed by atoms with E-state index >= 15 is 0 Å². The zero-order valence-corrected chi connectivity index (χ0v) is 11.9. The van der Waals surface area contributed by atoms with Crippen LogP contribution in [-0.2, 0) is 4.79 Å². The Morgan fingerprint density at radius 1 is 1.20 bits per heavy atom. The van der Waals surface area contributed by atoms with Gasteiger partial charge >= 0.3 is 0 Å². The third-order valence-corrected chi connectivity index (χ3v) is 3.82. The van der Waals surface area contributed by atoms with Gasteiger partial charge in [-0.1, -0.05) is 30.3 Å². The molecule has 2 aromatic carbocycles. The average molecular weight is 284 g/mol. The summed E-state index contributed by atoms with van der Waals surface area (Å²) in [6, 6.07) is 12.6. The number of carbonyl (C=O) groups is 1. The van der Waals surface area contributed by atoms with Crippen molar-refractivity contribution >= 4 is 40.1 Å². The first-order valence-corrected chi connectivity index (χ1v) is 7.20. The summed E-state index contributed by atoms with van der Waals surface area (Å²) in [6.07, 6.45) is 3.37. The number of hydrogen-bond acceptors (Lipinski definition) is 2. The first-order chi connectivity index (χ1) is 9.79. The lowest BCUT2D eigenvalue weighted by Gasteiger charge is -2.13. The molecule has 3 nitrogen and oxygen atoms in total. The van der Waals surface area contributed by atoms with E-state index in [-0.39, 0.29) is 6.54 Å². The second-order valence-electron chi connectivity index (χ2n) is 5.02. The molecule has 0 saturated heterocycles. The summed E-state index contributed by atoms with van der Waals surface area (Å²) in [6.45, 7) is 0.226. The number of hydrogen-bond donors (Lipinski definition) is 2. The Morgan fingerprint density at radius 2 is 1.95 bits per heavy atom. The van der Waals surface area contributed by atoms with Gasteiger partial charge in [0.2, 0.25) is 0 Å². The van der Waals surface area contributed by atoms with Crippen LogP contribution in [0.5, 0.6) is 0 Å². The van der Waals surface area contributed by atoms with Crippen LogP contribution in [0, 0.1) is 0 Å². The van der Waals surface area contributed by atoms with Crippen molar-refractivity contribution in [2.75, 3.05) is 11.9 Å². The van der Waals surface area contributed by atoms with Crippen molar-refractivity contribution in [2.24, 2.45) is 0 Å². The largest absolute Gasteiger partial charge is 0.356 e. The molecule has 0 aromatic heterocycles. The molecular weight excluding hydrogens is 268 g/mol. The number of fused-ring (bicyclic) bond motifs is 1. The van der Waals surface area contributed by atoms with E-state index in [1.807, 2.05) is 6.07 Å². The molecule has 2 N–H and O–H groups in total. The summed E-state index contributed by atoms with van der Waals surface area (Å²) in [5.41, 5.74) is 2.41. The van der Waals surface area contributed by atoms with Crippen molar-refractivity contribution in [3.05, 3.63) is 42.0 Å². The summed E-state index contributed by atoms with van der Waals surface area (Å²) >= 11 is 5.18. The van der Waals surface area contributed by atoms with E-state index in [0.717, 1.165) is 12.0 Å². The van der Waals surface area contributed by atoms with Gasteiger partial charge in [0.05, 0.1) is 6.54 Å². The SMILES string of the molecule is O=CCNC(=S)Nc1ccc(C2CC2)c2ccccc12. The van der Waals surface area contributed by atoms with Crippen LogP contribution < -0.4 is 10.6 Å². The summed E-state index contributed by atoms with van der Waals surface area (Å²) in [4.78, 5) is 10.4. The zero-order chi connectivity index (χ0) is 13.9. The number of carbonyl (C=O) groups excluding carboxylic acids is 1. The van der Waals surface area contributed by atoms with E-state index in [1.165, 1.54) is 29.2 Å². The molecule has 0 amide bonds. The molecule has 0 atom stereocenters. The summed E-state index contributed by atoms with van der Waals surface area (Å²) in [5, 5.41) is 8.95. The molecule has 2 aromatic rings. The lowest BCUT2D eigenvalue weighted by molar-refractivity contribution is -0.106. The van der Waals surface area contributed by atoms with E-state index in [1.54, 1.807) is 0 Å². The smallest absolute Gasteiger partial charge is 0.171 e. The van der Waals surface area contributed by atoms with Gasteiger partial charge in [0.15, 0.2) is 5.11 Å². The van der Waals surface area contributed by atoms with E-state index < -0.39 is 0 Å². The molecule has 1 fully saturated rings. The molecule has 1 saturated carbocycles. The van der Waals surface area contributed by atoms with Gasteiger partial charge in [-0.15, -0.1) is 0 Å². The lowest BCUT2D eigenvalue weighted by atomic mass is 10.00. The van der Waals surface area contributed by atoms with Gasteiger partial charge in [0, 0.05) is 11.1 Å². The molecule has 1 aliphatic carbocycles. The van der Waals surface area contributed by atoms with E-state index in [0.29, 0.717) is 11.0 Å². The fourth-order valence-electron chi connectivity index (χ4n) is 2.48. The van der Waals surface area contributed by atoms with E-state index in [4.69, 9.17) is 12.2 Å². The predicted octanol–water partition coefficient (Wildman–Crippen LogP) is 3.20. The molecular formula is C16H16N2OS. The Hall–Kier alpha value is -1.94. The van der Waals surface area contributed by atoms with Crippen molar-refractivity contribution in [2.45, 2.75) is 18.8 Å². The molecule has 0 unspecified atom stereocenters. The van der Waals surface area contributed by atoms with Gasteiger partial charge in [0.25, 0.3) is 0 Å². The van der Waals surface area contributed by atoms with Gasteiger partial charge in [-0.25, -0.2) is 0 Å². The van der Waals surface area contributed by atoms with Crippen molar-refractivity contribution in [1.82, 2.24) is 5.32 Å². The maximum atomic E-state index is 10.4. The topological polar surface area (TPSA) is 41.1 Å². The predicted molar refractivity (Wildman–Crippen MR) is 86.2 cm³/mol. The third kappa shape index (κ3) is 2.65. The molecule has 20 heavy (non-hydrogen) atoms. The maximum Gasteiger partial charge on any atom is 0.171 e. The highest BCUT2D eigenvalue weighted by molar-refractivity contribution is 7.80. The fourth-order valence-corrected chi connectivity index (χ4v) is 2.68. The van der Waals surface area contributed by atoms with Gasteiger partial charge in [0.1, 0.15) is 6.29 Å². The average Bonchev–Trinajstić information content (AvgIpc) is 3.30. The Balaban J connectivity index is 1.93. The Bertz CT molecular complexity index is 665. The van der Waals surface area contributed by atoms with E-state index in [2.05, 4.69) is 41.0 Å². The zero-order valence-electron chi connectivity index (χ0n) is 11.1. The van der Waals surface area contributed by atoms with Gasteiger partial charge < -0.3 is 15.4 Å². The standard InChI is InChI=1S/C16H16N2OS/c19-10-9-17-16(20)18-15-8-7-12(11-5-6-11)13-3-1-2-4-14(13)15/h1-4,7-8,10-11H,5-6,9H2,(H2,17,18,20). The first-order valence-electron chi connectivity index (χ1n) is 6.79. The van der Waals surface area contributed by atoms with Crippen LogP contribution in [0.15, 0.2) is 36.4 Å². The van der Waals surface area contributed by atoms with Crippen LogP contribution in [0.3, 0.4) is 0 Å². The second-order valence-corrected chi connectivity index (χ2v) is 5.43. The maximum absolute atomic E-state index is 10.4. The molecule has 102 valence electrons. The number of aldehydes is 1. The molecule has 0 heterocycles. The minimum atomic E-state index is 0.226. The highest BCUT2D eigenvalue weighted by atomic mass is 32.1. The van der Waals surface area contributed by atoms with Gasteiger partial charge in [-0.3, -0.25) is 0 Å². The van der Waals surface area contributed by atoms with Crippen molar-refractivity contribution < 1.29 is 4.79 Å². The molecule has 0 bridgehead atoms. The number of anilines is 1. The van der Waals surface area contributed by atoms with Crippen molar-refractivity contribution in [1.29, 1.82) is 0 Å². The molecule has 0 radical (unpaired) electrons. The monoisotopic (exact) mass is 284 g/mol. The molecule has 0 spiro atoms. The van der Waals surface area contributed by atoms with Gasteiger partial charge in [-0.05, 0) is 48.0 Å². The highest BCUT2D eigenvalue weighted by Gasteiger charge is 2.25. The molecule has 4 heteroatoms. The second kappa shape index (κ2) is 5.59. The van der Waals surface area contributed by atoms with Crippen LogP contribution in [0.2, 0.25) is 0 Å². The minimum Gasteiger partial charge on any atom is -0.356 e. The Labute approximate surface area is 123 Å². The molecule has 3 rings (SSSR count). The van der Waals surface area contributed by atoms with Crippen molar-refractivity contribution in [3.8, 4) is 0 Å². The lowest BCUT2D eigenvalue weighted by Crippen LogP contribution is -2.29. The number of thiocarbonyl (C=S) groups is 1. The molecule has 1 aliphatic rings. The van der Waals surface area contributed by atoms with Crippen LogP contribution in [0.1, 0.15) is 24.3 Å². The van der Waals surface area contributed by atoms with Gasteiger partial charge in [-0.2, -0.15) is 0 Å². The first kappa shape index (κ1) is 13.1.